The Morgan fingerprint density at radius 3 is 0.667 bits per heavy atom. The van der Waals surface area contributed by atoms with Gasteiger partial charge in [-0.3, -0.25) is 0 Å². The van der Waals surface area contributed by atoms with Crippen molar-refractivity contribution in [2.24, 2.45) is 0 Å². The molecule has 0 saturated carbocycles. The molecule has 0 aromatic heterocycles. The van der Waals surface area contributed by atoms with E-state index in [1.54, 1.807) is 0 Å². The molecule has 0 amide bonds. The van der Waals surface area contributed by atoms with Crippen molar-refractivity contribution in [3.63, 3.8) is 0 Å². The molecule has 3 nitrogen and oxygen atoms in total. The topological polar surface area (TPSA) is 85.5 Å². The van der Waals surface area contributed by atoms with Crippen LogP contribution in [0.25, 0.3) is 0 Å². The predicted octanol–water partition coefficient (Wildman–Crippen LogP) is -2.19. The van der Waals surface area contributed by atoms with Gasteiger partial charge >= 0.3 is 59.5 Å². The average molecular weight is 168 g/mol. The van der Waals surface area contributed by atoms with E-state index >= 15 is 0 Å². The summed E-state index contributed by atoms with van der Waals surface area (Å²) in [6.07, 6.45) is 0. The Labute approximate surface area is 85.7 Å². The van der Waals surface area contributed by atoms with Crippen molar-refractivity contribution >= 4 is 48.7 Å². The van der Waals surface area contributed by atoms with Crippen molar-refractivity contribution in [2.45, 2.75) is 0 Å². The van der Waals surface area contributed by atoms with E-state index in [4.69, 9.17) is 0 Å². The fourth-order valence-corrected chi connectivity index (χ4v) is 0. The summed E-state index contributed by atoms with van der Waals surface area (Å²) < 4.78 is 0. The first kappa shape index (κ1) is 94.1. The second kappa shape index (κ2) is 60.8. The van der Waals surface area contributed by atoms with Gasteiger partial charge in [0, 0.05) is 0 Å². The Kier molecular flexibility index (Phi) is 953. The number of hydrogen-bond acceptors (Lipinski definition) is 0. The van der Waals surface area contributed by atoms with E-state index in [0.717, 1.165) is 0 Å². The van der Waals surface area contributed by atoms with E-state index in [-0.39, 0.29) is 86.8 Å². The summed E-state index contributed by atoms with van der Waals surface area (Å²) in [5, 5.41) is 0. The average Bonchev–Trinajstić information content (AvgIpc) is 0. The second-order valence-corrected chi connectivity index (χ2v) is 0. The van der Waals surface area contributed by atoms with Crippen molar-refractivity contribution in [1.82, 2.24) is 0 Å². The van der Waals surface area contributed by atoms with Crippen molar-refractivity contribution in [3.8, 4) is 0 Å². The summed E-state index contributed by atoms with van der Waals surface area (Å²) in [4.78, 5) is 0. The summed E-state index contributed by atoms with van der Waals surface area (Å²) in [5.41, 5.74) is 0. The van der Waals surface area contributed by atoms with Crippen molar-refractivity contribution in [3.05, 3.63) is 0 Å². The predicted molar refractivity (Wildman–Crippen MR) is 19.1 cm³/mol. The van der Waals surface area contributed by atoms with Crippen LogP contribution in [0.2, 0.25) is 0 Å². The molecule has 6 heavy (non-hydrogen) atoms. The Morgan fingerprint density at radius 1 is 0.667 bits per heavy atom. The van der Waals surface area contributed by atoms with Gasteiger partial charge in [-0.1, -0.05) is 0 Å². The van der Waals surface area contributed by atoms with Crippen LogP contribution in [-0.2, 0) is 38.1 Å². The molecule has 0 radical (unpaired) electrons. The van der Waals surface area contributed by atoms with Gasteiger partial charge in [-0.25, -0.2) is 0 Å². The van der Waals surface area contributed by atoms with Crippen LogP contribution < -0.4 is 0 Å². The zero-order valence-corrected chi connectivity index (χ0v) is 6.20. The summed E-state index contributed by atoms with van der Waals surface area (Å²) >= 11 is 0. The molecule has 0 spiro atoms. The molecule has 0 rings (SSSR count). The van der Waals surface area contributed by atoms with E-state index in [1.165, 1.54) is 0 Å². The van der Waals surface area contributed by atoms with E-state index in [9.17, 15) is 0 Å². The first-order valence-corrected chi connectivity index (χ1v) is 0. The minimum Gasteiger partial charge on any atom is -2.00 e. The largest absolute Gasteiger partial charge is 4.00 e. The van der Waals surface area contributed by atoms with Gasteiger partial charge in [-0.05, 0) is 11.0 Å². The SMILES string of the molecule is [Ca+2].[O-2].[O-2].[O-2].[SiH4].[Ti+4]. The normalized spacial score (nSPS) is 0. The zero-order valence-electron chi connectivity index (χ0n) is 2.43. The van der Waals surface area contributed by atoms with Crippen molar-refractivity contribution < 1.29 is 38.1 Å². The van der Waals surface area contributed by atoms with Crippen LogP contribution in [0.4, 0.5) is 0 Å². The molecule has 0 heterocycles. The van der Waals surface area contributed by atoms with Gasteiger partial charge in [0.2, 0.25) is 0 Å². The van der Waals surface area contributed by atoms with Crippen LogP contribution in [0.5, 0.6) is 0 Å². The molecular formula is H4CaO3SiTi. The molecule has 32 valence electrons. The molecule has 0 aliphatic heterocycles. The molecule has 0 bridgehead atoms. The van der Waals surface area contributed by atoms with Crippen molar-refractivity contribution in [1.29, 1.82) is 0 Å². The first-order chi connectivity index (χ1) is 0. The van der Waals surface area contributed by atoms with E-state index in [0.29, 0.717) is 0 Å². The Balaban J connectivity index is 0. The monoisotopic (exact) mass is 168 g/mol. The van der Waals surface area contributed by atoms with Gasteiger partial charge in [-0.2, -0.15) is 0 Å². The molecule has 0 N–H and O–H groups in total. The smallest absolute Gasteiger partial charge is 2.00 e. The molecule has 0 atom stereocenters. The third-order valence-electron chi connectivity index (χ3n) is 0. The van der Waals surface area contributed by atoms with Crippen LogP contribution in [0, 0.1) is 0 Å². The second-order valence-electron chi connectivity index (χ2n) is 0. The van der Waals surface area contributed by atoms with Crippen LogP contribution in [0.15, 0.2) is 0 Å². The zero-order chi connectivity index (χ0) is 0. The molecule has 0 saturated heterocycles. The van der Waals surface area contributed by atoms with Gasteiger partial charge in [0.1, 0.15) is 0 Å². The Bertz CT molecular complexity index is 10.8. The molecule has 0 aromatic carbocycles. The molecule has 0 aliphatic rings. The minimum absolute atomic E-state index is 0. The molecule has 0 fully saturated rings. The molecular weight excluding hydrogens is 164 g/mol. The summed E-state index contributed by atoms with van der Waals surface area (Å²) in [7, 11) is 0. The standard InChI is InChI=1S/Ca.3O.H4Si.Ti/h;;;;1H4;/q+2;3*-2;;+4. The molecule has 0 unspecified atom stereocenters. The summed E-state index contributed by atoms with van der Waals surface area (Å²) in [6, 6.07) is 0. The third-order valence-corrected chi connectivity index (χ3v) is 0. The fourth-order valence-electron chi connectivity index (χ4n) is 0. The van der Waals surface area contributed by atoms with Crippen molar-refractivity contribution in [2.75, 3.05) is 0 Å². The maximum atomic E-state index is 0. The van der Waals surface area contributed by atoms with Gasteiger partial charge in [0.25, 0.3) is 0 Å². The summed E-state index contributed by atoms with van der Waals surface area (Å²) in [6.45, 7) is 0. The first-order valence-electron chi connectivity index (χ1n) is 0. The number of hydrogen-bond donors (Lipinski definition) is 0. The van der Waals surface area contributed by atoms with Crippen LogP contribution in [0.1, 0.15) is 0 Å². The maximum absolute atomic E-state index is 0. The van der Waals surface area contributed by atoms with Gasteiger partial charge in [-0.15, -0.1) is 0 Å². The number of rotatable bonds is 0. The molecule has 0 aromatic rings. The van der Waals surface area contributed by atoms with E-state index in [2.05, 4.69) is 0 Å². The molecule has 0 aliphatic carbocycles. The van der Waals surface area contributed by atoms with E-state index < -0.39 is 0 Å². The van der Waals surface area contributed by atoms with Crippen LogP contribution in [0.3, 0.4) is 0 Å². The van der Waals surface area contributed by atoms with Gasteiger partial charge in [0.15, 0.2) is 0 Å². The maximum Gasteiger partial charge on any atom is 4.00 e. The minimum atomic E-state index is 0. The third kappa shape index (κ3) is 36.4. The van der Waals surface area contributed by atoms with Gasteiger partial charge < -0.3 is 16.4 Å². The Hall–Kier alpha value is 2.07. The van der Waals surface area contributed by atoms with Crippen LogP contribution >= 0.6 is 0 Å². The quantitative estimate of drug-likeness (QED) is 0.368. The van der Waals surface area contributed by atoms with Crippen LogP contribution in [-0.4, -0.2) is 48.7 Å². The fraction of sp³-hybridized carbons (Fsp3) is 0. The summed E-state index contributed by atoms with van der Waals surface area (Å²) in [5.74, 6) is 0. The molecule has 6 heteroatoms. The van der Waals surface area contributed by atoms with Gasteiger partial charge in [0.05, 0.1) is 0 Å². The Morgan fingerprint density at radius 2 is 0.667 bits per heavy atom. The van der Waals surface area contributed by atoms with E-state index in [1.807, 2.05) is 0 Å².